The molecule has 3 N–H and O–H groups in total. The zero-order chi connectivity index (χ0) is 13.8. The molecule has 1 aromatic rings. The summed E-state index contributed by atoms with van der Waals surface area (Å²) >= 11 is 2.14. The van der Waals surface area contributed by atoms with E-state index in [1.54, 1.807) is 18.2 Å². The number of nitrogens with one attached hydrogen (secondary N) is 1. The molecule has 104 valence electrons. The third-order valence-electron chi connectivity index (χ3n) is 3.72. The first-order valence-corrected chi connectivity index (χ1v) is 7.60. The van der Waals surface area contributed by atoms with Crippen molar-refractivity contribution in [3.63, 3.8) is 0 Å². The molecule has 5 nitrogen and oxygen atoms in total. The van der Waals surface area contributed by atoms with Crippen LogP contribution in [0.2, 0.25) is 0 Å². The Kier molecular flexibility index (Phi) is 4.98. The Bertz CT molecular complexity index is 467. The zero-order valence-electron chi connectivity index (χ0n) is 10.6. The van der Waals surface area contributed by atoms with Crippen LogP contribution in [0.25, 0.3) is 0 Å². The number of hydrogen-bond donors (Lipinski definition) is 2. The predicted molar refractivity (Wildman–Crippen MR) is 84.2 cm³/mol. The molecule has 1 aliphatic rings. The minimum Gasteiger partial charge on any atom is -0.381 e. The second-order valence-corrected chi connectivity index (χ2v) is 6.11. The molecule has 1 aromatic carbocycles. The van der Waals surface area contributed by atoms with E-state index in [0.29, 0.717) is 18.5 Å². The van der Waals surface area contributed by atoms with Gasteiger partial charge in [-0.3, -0.25) is 10.1 Å². The van der Waals surface area contributed by atoms with Crippen molar-refractivity contribution in [1.82, 2.24) is 0 Å². The van der Waals surface area contributed by atoms with Gasteiger partial charge >= 0.3 is 0 Å². The summed E-state index contributed by atoms with van der Waals surface area (Å²) in [6.07, 6.45) is 4.75. The van der Waals surface area contributed by atoms with Gasteiger partial charge in [0.25, 0.3) is 5.69 Å². The van der Waals surface area contributed by atoms with Crippen molar-refractivity contribution < 1.29 is 4.92 Å². The van der Waals surface area contributed by atoms with Crippen LogP contribution in [0.3, 0.4) is 0 Å². The molecule has 0 saturated heterocycles. The van der Waals surface area contributed by atoms with Crippen LogP contribution in [0.15, 0.2) is 18.2 Å². The summed E-state index contributed by atoms with van der Waals surface area (Å²) in [4.78, 5) is 10.4. The molecule has 0 amide bonds. The van der Waals surface area contributed by atoms with E-state index in [9.17, 15) is 10.1 Å². The predicted octanol–water partition coefficient (Wildman–Crippen LogP) is 3.13. The van der Waals surface area contributed by atoms with Gasteiger partial charge in [-0.25, -0.2) is 0 Å². The molecule has 1 aliphatic carbocycles. The summed E-state index contributed by atoms with van der Waals surface area (Å²) in [6.45, 7) is 0.696. The summed E-state index contributed by atoms with van der Waals surface area (Å²) < 4.78 is 0.883. The van der Waals surface area contributed by atoms with Crippen molar-refractivity contribution >= 4 is 34.0 Å². The number of anilines is 1. The molecule has 2 atom stereocenters. The number of benzene rings is 1. The van der Waals surface area contributed by atoms with Gasteiger partial charge in [0, 0.05) is 27.4 Å². The fourth-order valence-electron chi connectivity index (χ4n) is 2.61. The number of hydrogen-bond acceptors (Lipinski definition) is 4. The lowest BCUT2D eigenvalue weighted by atomic mass is 9.84. The lowest BCUT2D eigenvalue weighted by molar-refractivity contribution is -0.384. The molecule has 1 saturated carbocycles. The average molecular weight is 375 g/mol. The number of nitrogens with two attached hydrogens (primary N) is 1. The maximum absolute atomic E-state index is 10.7. The third-order valence-corrected chi connectivity index (χ3v) is 4.61. The van der Waals surface area contributed by atoms with Crippen LogP contribution in [0.1, 0.15) is 25.7 Å². The zero-order valence-corrected chi connectivity index (χ0v) is 12.8. The molecule has 0 aromatic heterocycles. The molecule has 2 rings (SSSR count). The molecular formula is C13H18IN3O2. The second-order valence-electron chi connectivity index (χ2n) is 4.95. The van der Waals surface area contributed by atoms with Crippen LogP contribution in [0.5, 0.6) is 0 Å². The van der Waals surface area contributed by atoms with Gasteiger partial charge < -0.3 is 11.1 Å². The lowest BCUT2D eigenvalue weighted by Crippen LogP contribution is -2.36. The molecule has 0 radical (unpaired) electrons. The van der Waals surface area contributed by atoms with E-state index in [4.69, 9.17) is 5.73 Å². The van der Waals surface area contributed by atoms with Crippen molar-refractivity contribution in [1.29, 1.82) is 0 Å². The summed E-state index contributed by atoms with van der Waals surface area (Å²) in [7, 11) is 0. The normalized spacial score (nSPS) is 23.1. The molecule has 6 heteroatoms. The van der Waals surface area contributed by atoms with E-state index in [2.05, 4.69) is 27.9 Å². The summed E-state index contributed by atoms with van der Waals surface area (Å²) in [5.74, 6) is 0.500. The van der Waals surface area contributed by atoms with E-state index in [1.165, 1.54) is 12.8 Å². The number of halogens is 1. The Hall–Kier alpha value is -0.890. The molecule has 0 bridgehead atoms. The van der Waals surface area contributed by atoms with Gasteiger partial charge in [-0.2, -0.15) is 0 Å². The Morgan fingerprint density at radius 2 is 2.16 bits per heavy atom. The molecule has 0 spiro atoms. The average Bonchev–Trinajstić information content (AvgIpc) is 2.41. The molecule has 2 unspecified atom stereocenters. The smallest absolute Gasteiger partial charge is 0.270 e. The topological polar surface area (TPSA) is 81.2 Å². The Balaban J connectivity index is 2.11. The minimum absolute atomic E-state index is 0.133. The van der Waals surface area contributed by atoms with Crippen LogP contribution in [-0.2, 0) is 0 Å². The highest BCUT2D eigenvalue weighted by Gasteiger charge is 2.24. The number of nitro groups is 1. The summed E-state index contributed by atoms with van der Waals surface area (Å²) in [5, 5.41) is 14.2. The third kappa shape index (κ3) is 3.56. The monoisotopic (exact) mass is 375 g/mol. The first-order chi connectivity index (χ1) is 9.11. The number of rotatable bonds is 4. The summed E-state index contributed by atoms with van der Waals surface area (Å²) in [5.41, 5.74) is 6.92. The van der Waals surface area contributed by atoms with Crippen LogP contribution in [0, 0.1) is 19.6 Å². The Labute approximate surface area is 126 Å². The minimum atomic E-state index is -0.366. The number of nitrogens with zero attached hydrogens (tertiary/aromatic N) is 1. The van der Waals surface area contributed by atoms with E-state index < -0.39 is 0 Å². The van der Waals surface area contributed by atoms with Crippen molar-refractivity contribution in [2.45, 2.75) is 31.7 Å². The first kappa shape index (κ1) is 14.5. The Morgan fingerprint density at radius 3 is 2.79 bits per heavy atom. The fourth-order valence-corrected chi connectivity index (χ4v) is 3.27. The Morgan fingerprint density at radius 1 is 1.42 bits per heavy atom. The number of non-ortho nitro benzene ring substituents is 1. The lowest BCUT2D eigenvalue weighted by Gasteiger charge is -2.32. The van der Waals surface area contributed by atoms with Gasteiger partial charge in [-0.05, 0) is 54.0 Å². The van der Waals surface area contributed by atoms with Crippen LogP contribution < -0.4 is 11.1 Å². The molecule has 1 fully saturated rings. The van der Waals surface area contributed by atoms with Gasteiger partial charge in [0.15, 0.2) is 0 Å². The van der Waals surface area contributed by atoms with Gasteiger partial charge in [0.1, 0.15) is 0 Å². The van der Waals surface area contributed by atoms with E-state index in [1.807, 2.05) is 0 Å². The standard InChI is InChI=1S/C13H18IN3O2/c14-11-7-10(17(18)19)5-6-13(11)16-12-4-2-1-3-9(12)8-15/h5-7,9,12,16H,1-4,8,15H2. The highest BCUT2D eigenvalue weighted by Crippen LogP contribution is 2.30. The maximum atomic E-state index is 10.7. The second kappa shape index (κ2) is 6.51. The van der Waals surface area contributed by atoms with Gasteiger partial charge in [-0.15, -0.1) is 0 Å². The van der Waals surface area contributed by atoms with Crippen molar-refractivity contribution in [2.24, 2.45) is 11.7 Å². The van der Waals surface area contributed by atoms with Crippen LogP contribution in [-0.4, -0.2) is 17.5 Å². The van der Waals surface area contributed by atoms with Gasteiger partial charge in [0.2, 0.25) is 0 Å². The highest BCUT2D eigenvalue weighted by atomic mass is 127. The van der Waals surface area contributed by atoms with E-state index >= 15 is 0 Å². The summed E-state index contributed by atoms with van der Waals surface area (Å²) in [6, 6.07) is 5.32. The molecule has 19 heavy (non-hydrogen) atoms. The quantitative estimate of drug-likeness (QED) is 0.481. The fraction of sp³-hybridized carbons (Fsp3) is 0.538. The highest BCUT2D eigenvalue weighted by molar-refractivity contribution is 14.1. The van der Waals surface area contributed by atoms with Crippen molar-refractivity contribution in [3.05, 3.63) is 31.9 Å². The van der Waals surface area contributed by atoms with Crippen molar-refractivity contribution in [3.8, 4) is 0 Å². The SMILES string of the molecule is NCC1CCCCC1Nc1ccc([N+](=O)[O-])cc1I. The number of nitro benzene ring substituents is 1. The van der Waals surface area contributed by atoms with E-state index in [-0.39, 0.29) is 10.6 Å². The maximum Gasteiger partial charge on any atom is 0.270 e. The molecule has 0 heterocycles. The largest absolute Gasteiger partial charge is 0.381 e. The van der Waals surface area contributed by atoms with Gasteiger partial charge in [0.05, 0.1) is 4.92 Å². The molecular weight excluding hydrogens is 357 g/mol. The van der Waals surface area contributed by atoms with Crippen molar-refractivity contribution in [2.75, 3.05) is 11.9 Å². The first-order valence-electron chi connectivity index (χ1n) is 6.52. The van der Waals surface area contributed by atoms with Crippen LogP contribution in [0.4, 0.5) is 11.4 Å². The van der Waals surface area contributed by atoms with E-state index in [0.717, 1.165) is 22.1 Å². The van der Waals surface area contributed by atoms with Gasteiger partial charge in [-0.1, -0.05) is 12.8 Å². The molecule has 0 aliphatic heterocycles. The van der Waals surface area contributed by atoms with Crippen LogP contribution >= 0.6 is 22.6 Å².